The first kappa shape index (κ1) is 17.1. The summed E-state index contributed by atoms with van der Waals surface area (Å²) in [5.41, 5.74) is 2.65. The van der Waals surface area contributed by atoms with Crippen LogP contribution in [0.1, 0.15) is 39.3 Å². The number of amides is 1. The van der Waals surface area contributed by atoms with Gasteiger partial charge in [-0.3, -0.25) is 14.6 Å². The summed E-state index contributed by atoms with van der Waals surface area (Å²) in [6.07, 6.45) is 2.13. The number of pyridine rings is 1. The molecule has 2 heterocycles. The largest absolute Gasteiger partial charge is 0.496 e. The van der Waals surface area contributed by atoms with Crippen molar-refractivity contribution in [2.24, 2.45) is 0 Å². The highest BCUT2D eigenvalue weighted by molar-refractivity contribution is 7.12. The van der Waals surface area contributed by atoms with Crippen molar-refractivity contribution >= 4 is 23.0 Å². The summed E-state index contributed by atoms with van der Waals surface area (Å²) in [5, 5.41) is 4.66. The van der Waals surface area contributed by atoms with Crippen molar-refractivity contribution in [3.8, 4) is 5.75 Å². The number of aromatic nitrogens is 1. The average Bonchev–Trinajstić information content (AvgIpc) is 3.07. The fourth-order valence-corrected chi connectivity index (χ4v) is 3.00. The highest BCUT2D eigenvalue weighted by Gasteiger charge is 2.12. The van der Waals surface area contributed by atoms with Gasteiger partial charge in [0.15, 0.2) is 5.78 Å². The van der Waals surface area contributed by atoms with Crippen LogP contribution in [0.5, 0.6) is 5.75 Å². The first-order valence-electron chi connectivity index (χ1n) is 7.35. The normalized spacial score (nSPS) is 10.4. The third-order valence-electron chi connectivity index (χ3n) is 3.58. The highest BCUT2D eigenvalue weighted by atomic mass is 32.1. The van der Waals surface area contributed by atoms with E-state index in [1.165, 1.54) is 11.3 Å². The SMILES string of the molecule is COc1c(C)cnc(CNC(=O)CCC(=O)c2cccs2)c1C. The van der Waals surface area contributed by atoms with Crippen molar-refractivity contribution in [1.82, 2.24) is 10.3 Å². The molecule has 2 rings (SSSR count). The summed E-state index contributed by atoms with van der Waals surface area (Å²) in [6.45, 7) is 4.17. The number of carbonyl (C=O) groups is 2. The Morgan fingerprint density at radius 2 is 2.09 bits per heavy atom. The molecule has 0 radical (unpaired) electrons. The summed E-state index contributed by atoms with van der Waals surface area (Å²) >= 11 is 1.40. The van der Waals surface area contributed by atoms with Crippen molar-refractivity contribution in [1.29, 1.82) is 0 Å². The van der Waals surface area contributed by atoms with Crippen LogP contribution in [0.3, 0.4) is 0 Å². The number of ether oxygens (including phenoxy) is 1. The summed E-state index contributed by atoms with van der Waals surface area (Å²) in [6, 6.07) is 3.61. The Balaban J connectivity index is 1.86. The monoisotopic (exact) mass is 332 g/mol. The van der Waals surface area contributed by atoms with Crippen LogP contribution >= 0.6 is 11.3 Å². The van der Waals surface area contributed by atoms with Crippen LogP contribution in [0, 0.1) is 13.8 Å². The Bertz CT molecular complexity index is 696. The quantitative estimate of drug-likeness (QED) is 0.791. The first-order chi connectivity index (χ1) is 11.0. The smallest absolute Gasteiger partial charge is 0.220 e. The van der Waals surface area contributed by atoms with Crippen LogP contribution in [0.4, 0.5) is 0 Å². The third kappa shape index (κ3) is 4.39. The molecule has 5 nitrogen and oxygen atoms in total. The number of rotatable bonds is 7. The van der Waals surface area contributed by atoms with E-state index in [1.807, 2.05) is 25.3 Å². The second kappa shape index (κ2) is 7.87. The number of nitrogens with zero attached hydrogens (tertiary/aromatic N) is 1. The Morgan fingerprint density at radius 1 is 1.30 bits per heavy atom. The van der Waals surface area contributed by atoms with Gasteiger partial charge in [0.25, 0.3) is 0 Å². The first-order valence-corrected chi connectivity index (χ1v) is 8.23. The molecule has 122 valence electrons. The molecule has 1 N–H and O–H groups in total. The second-order valence-corrected chi connectivity index (χ2v) is 6.17. The fourth-order valence-electron chi connectivity index (χ4n) is 2.31. The van der Waals surface area contributed by atoms with Crippen LogP contribution in [-0.2, 0) is 11.3 Å². The number of nitrogens with one attached hydrogen (secondary N) is 1. The molecule has 6 heteroatoms. The van der Waals surface area contributed by atoms with E-state index < -0.39 is 0 Å². The zero-order valence-electron chi connectivity index (χ0n) is 13.5. The molecule has 1 amide bonds. The molecule has 0 aliphatic heterocycles. The summed E-state index contributed by atoms with van der Waals surface area (Å²) < 4.78 is 5.35. The molecule has 2 aromatic rings. The van der Waals surface area contributed by atoms with E-state index in [9.17, 15) is 9.59 Å². The summed E-state index contributed by atoms with van der Waals surface area (Å²) in [7, 11) is 1.62. The molecule has 0 spiro atoms. The molecule has 0 aliphatic rings. The Hall–Kier alpha value is -2.21. The lowest BCUT2D eigenvalue weighted by Crippen LogP contribution is -2.24. The second-order valence-electron chi connectivity index (χ2n) is 5.22. The average molecular weight is 332 g/mol. The maximum absolute atomic E-state index is 11.9. The van der Waals surface area contributed by atoms with Gasteiger partial charge in [-0.05, 0) is 25.3 Å². The topological polar surface area (TPSA) is 68.3 Å². The van der Waals surface area contributed by atoms with E-state index in [4.69, 9.17) is 4.74 Å². The molecule has 0 aromatic carbocycles. The van der Waals surface area contributed by atoms with Crippen LogP contribution in [-0.4, -0.2) is 23.8 Å². The maximum atomic E-state index is 11.9. The number of thiophene rings is 1. The van der Waals surface area contributed by atoms with Crippen molar-refractivity contribution in [2.45, 2.75) is 33.2 Å². The number of Topliss-reactive ketones (excluding diaryl/α,β-unsaturated/α-hetero) is 1. The van der Waals surface area contributed by atoms with E-state index in [1.54, 1.807) is 19.4 Å². The van der Waals surface area contributed by atoms with Gasteiger partial charge in [0.05, 0.1) is 24.2 Å². The lowest BCUT2D eigenvalue weighted by molar-refractivity contribution is -0.121. The minimum atomic E-state index is -0.157. The number of hydrogen-bond acceptors (Lipinski definition) is 5. The summed E-state index contributed by atoms with van der Waals surface area (Å²) in [4.78, 5) is 28.8. The van der Waals surface area contributed by atoms with Gasteiger partial charge in [-0.25, -0.2) is 0 Å². The van der Waals surface area contributed by atoms with Crippen LogP contribution < -0.4 is 10.1 Å². The zero-order valence-corrected chi connectivity index (χ0v) is 14.3. The van der Waals surface area contributed by atoms with Gasteiger partial charge in [-0.15, -0.1) is 11.3 Å². The van der Waals surface area contributed by atoms with Gasteiger partial charge in [0.1, 0.15) is 5.75 Å². The Kier molecular flexibility index (Phi) is 5.87. The van der Waals surface area contributed by atoms with Gasteiger partial charge < -0.3 is 10.1 Å². The van der Waals surface area contributed by atoms with Gasteiger partial charge >= 0.3 is 0 Å². The number of hydrogen-bond donors (Lipinski definition) is 1. The predicted octanol–water partition coefficient (Wildman–Crippen LogP) is 3.05. The van der Waals surface area contributed by atoms with Crippen molar-refractivity contribution in [2.75, 3.05) is 7.11 Å². The fraction of sp³-hybridized carbons (Fsp3) is 0.353. The minimum absolute atomic E-state index is 0.00135. The molecular formula is C17H20N2O3S. The molecule has 0 saturated carbocycles. The maximum Gasteiger partial charge on any atom is 0.220 e. The number of aryl methyl sites for hydroxylation is 1. The van der Waals surface area contributed by atoms with E-state index in [0.717, 1.165) is 22.6 Å². The summed E-state index contributed by atoms with van der Waals surface area (Å²) in [5.74, 6) is 0.634. The van der Waals surface area contributed by atoms with E-state index in [0.29, 0.717) is 11.4 Å². The molecule has 0 atom stereocenters. The predicted molar refractivity (Wildman–Crippen MR) is 90.0 cm³/mol. The molecule has 2 aromatic heterocycles. The lowest BCUT2D eigenvalue weighted by atomic mass is 10.1. The third-order valence-corrected chi connectivity index (χ3v) is 4.49. The van der Waals surface area contributed by atoms with Crippen molar-refractivity contribution < 1.29 is 14.3 Å². The molecule has 0 bridgehead atoms. The zero-order chi connectivity index (χ0) is 16.8. The van der Waals surface area contributed by atoms with Gasteiger partial charge in [0, 0.05) is 30.2 Å². The number of methoxy groups -OCH3 is 1. The van der Waals surface area contributed by atoms with E-state index in [2.05, 4.69) is 10.3 Å². The number of carbonyl (C=O) groups excluding carboxylic acids is 2. The lowest BCUT2D eigenvalue weighted by Gasteiger charge is -2.12. The molecule has 23 heavy (non-hydrogen) atoms. The van der Waals surface area contributed by atoms with Gasteiger partial charge in [-0.1, -0.05) is 6.07 Å². The molecule has 0 unspecified atom stereocenters. The molecule has 0 saturated heterocycles. The van der Waals surface area contributed by atoms with Crippen molar-refractivity contribution in [3.05, 3.63) is 45.4 Å². The van der Waals surface area contributed by atoms with E-state index in [-0.39, 0.29) is 24.5 Å². The van der Waals surface area contributed by atoms with Crippen LogP contribution in [0.2, 0.25) is 0 Å². The highest BCUT2D eigenvalue weighted by Crippen LogP contribution is 2.23. The molecule has 0 fully saturated rings. The van der Waals surface area contributed by atoms with Gasteiger partial charge in [0.2, 0.25) is 5.91 Å². The minimum Gasteiger partial charge on any atom is -0.496 e. The molecular weight excluding hydrogens is 312 g/mol. The Labute approximate surface area is 139 Å². The standard InChI is InChI=1S/C17H20N2O3S/c1-11-9-18-13(12(2)17(11)22-3)10-19-16(21)7-6-14(20)15-5-4-8-23-15/h4-5,8-9H,6-7,10H2,1-3H3,(H,19,21). The number of ketones is 1. The Morgan fingerprint density at radius 3 is 2.74 bits per heavy atom. The van der Waals surface area contributed by atoms with Crippen molar-refractivity contribution in [3.63, 3.8) is 0 Å². The van der Waals surface area contributed by atoms with Gasteiger partial charge in [-0.2, -0.15) is 0 Å². The van der Waals surface area contributed by atoms with Crippen LogP contribution in [0.15, 0.2) is 23.7 Å². The molecule has 0 aliphatic carbocycles. The van der Waals surface area contributed by atoms with Crippen LogP contribution in [0.25, 0.3) is 0 Å². The van der Waals surface area contributed by atoms with E-state index >= 15 is 0 Å².